The van der Waals surface area contributed by atoms with Gasteiger partial charge in [-0.3, -0.25) is 58.5 Å². The van der Waals surface area contributed by atoms with Crippen LogP contribution in [0.4, 0.5) is 9.59 Å². The van der Waals surface area contributed by atoms with Crippen LogP contribution >= 0.6 is 11.8 Å². The number of carbonyl (C=O) groups excluding carboxylic acids is 10. The molecule has 9 fully saturated rings. The number of hydrogen-bond donors (Lipinski definition) is 15. The summed E-state index contributed by atoms with van der Waals surface area (Å²) in [5.74, 6) is -5.45. The maximum absolute atomic E-state index is 14.6. The molecule has 9 unspecified atom stereocenters. The van der Waals surface area contributed by atoms with E-state index in [4.69, 9.17) is 20.9 Å². The van der Waals surface area contributed by atoms with Gasteiger partial charge in [0.25, 0.3) is 11.8 Å². The Morgan fingerprint density at radius 1 is 0.735 bits per heavy atom. The first-order chi connectivity index (χ1) is 54.0. The average molecular weight is 1610 g/mol. The Morgan fingerprint density at radius 3 is 2.12 bits per heavy atom. The molecule has 10 aliphatic rings. The van der Waals surface area contributed by atoms with Crippen LogP contribution < -0.4 is 59.5 Å². The topological polar surface area (TPSA) is 467 Å². The highest BCUT2D eigenvalue weighted by Crippen LogP contribution is 2.41. The van der Waals surface area contributed by atoms with Crippen molar-refractivity contribution < 1.29 is 82.6 Å². The fraction of sp³-hybridized carbons (Fsp3) is 0.833. The van der Waals surface area contributed by atoms with Crippen LogP contribution in [0.3, 0.4) is 0 Å². The van der Waals surface area contributed by atoms with Gasteiger partial charge in [-0.1, -0.05) is 40.5 Å². The number of urea groups is 1. The highest BCUT2D eigenvalue weighted by molar-refractivity contribution is 8.00. The number of nitrogens with two attached hydrogens (primary N) is 2. The lowest BCUT2D eigenvalue weighted by Crippen LogP contribution is -2.78. The number of aliphatic carboxylic acids is 1. The molecule has 35 heteroatoms. The van der Waals surface area contributed by atoms with Crippen molar-refractivity contribution in [3.63, 3.8) is 0 Å². The van der Waals surface area contributed by atoms with E-state index in [-0.39, 0.29) is 111 Å². The summed E-state index contributed by atoms with van der Waals surface area (Å²) in [4.78, 5) is 156. The normalized spacial score (nSPS) is 30.6. The molecule has 6 saturated heterocycles. The lowest BCUT2D eigenvalue weighted by atomic mass is 9.76. The van der Waals surface area contributed by atoms with Gasteiger partial charge in [0.2, 0.25) is 35.4 Å². The molecule has 7 heterocycles. The van der Waals surface area contributed by atoms with Crippen LogP contribution in [0.1, 0.15) is 176 Å². The molecule has 7 aliphatic heterocycles. The predicted octanol–water partition coefficient (Wildman–Crippen LogP) is -0.0787. The van der Waals surface area contributed by atoms with Crippen LogP contribution in [0.5, 0.6) is 0 Å². The molecule has 0 spiro atoms. The van der Waals surface area contributed by atoms with Gasteiger partial charge >= 0.3 is 18.1 Å². The highest BCUT2D eigenvalue weighted by atomic mass is 32.2. The molecule has 0 bridgehead atoms. The predicted molar refractivity (Wildman–Crippen MR) is 419 cm³/mol. The molecule has 113 heavy (non-hydrogen) atoms. The molecule has 17 N–H and O–H groups in total. The van der Waals surface area contributed by atoms with E-state index in [9.17, 15) is 73.2 Å². The van der Waals surface area contributed by atoms with Crippen molar-refractivity contribution in [1.82, 2.24) is 77.5 Å². The summed E-state index contributed by atoms with van der Waals surface area (Å²) in [6, 6.07) is -5.26. The number of piperazine rings is 2. The molecular weight excluding hydrogens is 1480 g/mol. The number of carboxylic acid groups (broad SMARTS) is 1. The van der Waals surface area contributed by atoms with Crippen LogP contribution in [0.2, 0.25) is 0 Å². The smallest absolute Gasteiger partial charge is 0.411 e. The zero-order valence-electron chi connectivity index (χ0n) is 67.1. The number of aliphatic hydroxyl groups is 3. The number of β-amino-alcohol motifs (C(OH)–C–C–N with tert-alkyl or cyclic N) is 1. The van der Waals surface area contributed by atoms with Crippen LogP contribution in [0.25, 0.3) is 0 Å². The van der Waals surface area contributed by atoms with Gasteiger partial charge in [-0.05, 0) is 165 Å². The minimum atomic E-state index is -1.57. The summed E-state index contributed by atoms with van der Waals surface area (Å²) in [5, 5.41) is 64.2. The Labute approximate surface area is 669 Å². The molecule has 0 aromatic rings. The van der Waals surface area contributed by atoms with E-state index in [1.165, 1.54) is 4.90 Å². The molecule has 0 radical (unpaired) electrons. The summed E-state index contributed by atoms with van der Waals surface area (Å²) >= 11 is 2.02. The number of rotatable bonds is 35. The fourth-order valence-corrected chi connectivity index (χ4v) is 20.7. The van der Waals surface area contributed by atoms with Crippen molar-refractivity contribution in [3.05, 3.63) is 12.2 Å². The second-order valence-corrected chi connectivity index (χ2v) is 35.7. The van der Waals surface area contributed by atoms with Gasteiger partial charge in [0.05, 0.1) is 37.4 Å². The number of nitrogens with zero attached hydrogens (tertiary/aromatic N) is 6. The second-order valence-electron chi connectivity index (χ2n) is 34.5. The standard InChI is InChI=1S/C78H131N17O17S/c1-44(2)68(75(106)93-40-54(96)34-60(93)73(104)83-46(5)50-15-17-51(18-16-50)70-47(6)82-43-113-70)62(98)36-63(79)111-33-32-90-28-25-48(26-29-90)37-91-30-31-92-53(38-91)39-95(71-59(92)35-58(88-89-71)55-10-7-8-12-61(55)97)78(110)112-42-49-13-19-52(20-14-49)84-72(103)56(11-9-27-81-77(80)109)86-74(105)69(45(3)4)87-64(99)22-21-57(76(107)108)85-65(100)41-94-66(101)23-24-67(94)102/h23-24,44-63,68-71,82,88-89,96-98H,7-22,25-43,79H2,1-6H3,(H,83,104)(H,84,103)(H,85,100)(H,86,105)(H,87,99)(H,107,108)(H3,80,81,109)/t46-,47?,49?,50?,51?,52?,53+,54+,55?,56-,57+,58?,59?,60-,61?,62?,63?,68+,69-,70?,71?/m0/s1. The number of imide groups is 1. The second kappa shape index (κ2) is 42.1. The Hall–Kier alpha value is -6.38. The van der Waals surface area contributed by atoms with Gasteiger partial charge in [-0.25, -0.2) is 19.8 Å². The zero-order valence-corrected chi connectivity index (χ0v) is 67.9. The van der Waals surface area contributed by atoms with Gasteiger partial charge in [0.1, 0.15) is 43.1 Å². The van der Waals surface area contributed by atoms with Gasteiger partial charge in [0, 0.05) is 137 Å². The molecule has 17 atom stereocenters. The molecule has 10 rings (SSSR count). The van der Waals surface area contributed by atoms with Gasteiger partial charge < -0.3 is 93.3 Å². The van der Waals surface area contributed by atoms with Gasteiger partial charge in [-0.2, -0.15) is 0 Å². The van der Waals surface area contributed by atoms with Crippen LogP contribution in [-0.4, -0.2) is 303 Å². The molecular formula is C78H131N17O17S. The van der Waals surface area contributed by atoms with E-state index >= 15 is 0 Å². The number of carboxylic acids is 1. The van der Waals surface area contributed by atoms with Crippen molar-refractivity contribution in [2.24, 2.45) is 58.8 Å². The maximum Gasteiger partial charge on any atom is 0.411 e. The maximum atomic E-state index is 14.6. The van der Waals surface area contributed by atoms with E-state index < -0.39 is 133 Å². The van der Waals surface area contributed by atoms with E-state index in [0.29, 0.717) is 79.3 Å². The number of likely N-dealkylation sites (tertiary alicyclic amines) is 2. The number of aliphatic hydroxyl groups excluding tert-OH is 3. The first-order valence-corrected chi connectivity index (χ1v) is 43.0. The number of hydrazine groups is 1. The average Bonchev–Trinajstić information content (AvgIpc) is 1.71. The Kier molecular flexibility index (Phi) is 33.2. The third-order valence-corrected chi connectivity index (χ3v) is 27.4. The molecule has 11 amide bonds. The van der Waals surface area contributed by atoms with E-state index in [2.05, 4.69) is 76.6 Å². The van der Waals surface area contributed by atoms with Crippen molar-refractivity contribution in [3.8, 4) is 0 Å². The lowest BCUT2D eigenvalue weighted by molar-refractivity contribution is -0.148. The van der Waals surface area contributed by atoms with E-state index in [1.807, 2.05) is 30.5 Å². The third-order valence-electron chi connectivity index (χ3n) is 25.8. The lowest BCUT2D eigenvalue weighted by Gasteiger charge is -2.58. The van der Waals surface area contributed by atoms with Crippen molar-refractivity contribution >= 4 is 77.1 Å². The number of ether oxygens (including phenoxy) is 2. The van der Waals surface area contributed by atoms with E-state index in [0.717, 1.165) is 128 Å². The number of amides is 11. The summed E-state index contributed by atoms with van der Waals surface area (Å²) < 4.78 is 12.4. The number of thioether (sulfide) groups is 1. The molecule has 0 aromatic carbocycles. The largest absolute Gasteiger partial charge is 0.480 e. The first-order valence-electron chi connectivity index (χ1n) is 42.0. The van der Waals surface area contributed by atoms with Gasteiger partial charge in [0.15, 0.2) is 0 Å². The molecule has 636 valence electrons. The number of hydrogen-bond acceptors (Lipinski definition) is 24. The minimum absolute atomic E-state index is 0.00352. The number of fused-ring (bicyclic) bond motifs is 3. The summed E-state index contributed by atoms with van der Waals surface area (Å²) in [6.07, 6.45) is 10.9. The highest BCUT2D eigenvalue weighted by Gasteiger charge is 2.52. The molecule has 0 aromatic heterocycles. The van der Waals surface area contributed by atoms with Gasteiger partial charge in [-0.15, -0.1) is 11.8 Å². The summed E-state index contributed by atoms with van der Waals surface area (Å²) in [5.41, 5.74) is 18.9. The SMILES string of the molecule is CC1NCSC1C1CCC([C@H](C)NC(=O)[C@@H]2C[C@@H](O)CN2C(=O)[C@H](C(C)C)C(O)CC(N)OCCN2CCC(CN3CCN4C5CC(C6CCCCC6O)NNC5N(C(=O)OCC5CCC(NC(=O)[C@H](CCCNC(N)=O)NC(=O)[C@@H](NC(=O)CC[C@@H](NC(=O)CN6C(=O)C=CC6=O)C(=O)O)C(C)C)CC5)C[C@H]4C3)CC2)CC1. The summed E-state index contributed by atoms with van der Waals surface area (Å²) in [7, 11) is 0. The molecule has 3 saturated carbocycles. The zero-order chi connectivity index (χ0) is 81.3. The molecule has 34 nitrogen and oxygen atoms in total. The Balaban J connectivity index is 0.658. The molecule has 3 aliphatic carbocycles. The summed E-state index contributed by atoms with van der Waals surface area (Å²) in [6.45, 7) is 17.7. The number of carbonyl (C=O) groups is 11. The number of piperidine rings is 1. The van der Waals surface area contributed by atoms with Crippen LogP contribution in [0, 0.1) is 47.3 Å². The fourth-order valence-electron chi connectivity index (χ4n) is 19.3. The van der Waals surface area contributed by atoms with Crippen molar-refractivity contribution in [2.75, 3.05) is 91.1 Å². The minimum Gasteiger partial charge on any atom is -0.480 e. The third kappa shape index (κ3) is 24.6. The Bertz CT molecular complexity index is 3250. The van der Waals surface area contributed by atoms with E-state index in [1.54, 1.807) is 13.8 Å². The quantitative estimate of drug-likeness (QED) is 0.0224. The number of nitrogens with one attached hydrogen (secondary N) is 9. The monoisotopic (exact) mass is 1610 g/mol. The Morgan fingerprint density at radius 2 is 1.45 bits per heavy atom. The first kappa shape index (κ1) is 89.0. The van der Waals surface area contributed by atoms with Crippen molar-refractivity contribution in [2.45, 2.75) is 273 Å². The number of primary amides is 1. The van der Waals surface area contributed by atoms with Crippen LogP contribution in [-0.2, 0) is 52.6 Å². The van der Waals surface area contributed by atoms with Crippen molar-refractivity contribution in [1.29, 1.82) is 0 Å². The van der Waals surface area contributed by atoms with Crippen LogP contribution in [0.15, 0.2) is 12.2 Å².